The molecule has 0 amide bonds. The lowest BCUT2D eigenvalue weighted by atomic mass is 10.3. The van der Waals surface area contributed by atoms with Crippen LogP contribution in [0.4, 0.5) is 0 Å². The van der Waals surface area contributed by atoms with Crippen LogP contribution in [0.3, 0.4) is 0 Å². The Kier molecular flexibility index (Phi) is 5.76. The minimum Gasteiger partial charge on any atom is -0.308 e. The minimum absolute atomic E-state index is 0.522. The van der Waals surface area contributed by atoms with E-state index in [1.165, 1.54) is 36.8 Å². The molecule has 2 heterocycles. The Bertz CT molecular complexity index is 377. The van der Waals surface area contributed by atoms with Crippen molar-refractivity contribution >= 4 is 11.3 Å². The fourth-order valence-corrected chi connectivity index (χ4v) is 3.02. The van der Waals surface area contributed by atoms with Gasteiger partial charge in [0, 0.05) is 37.6 Å². The highest BCUT2D eigenvalue weighted by molar-refractivity contribution is 7.09. The van der Waals surface area contributed by atoms with E-state index in [1.807, 2.05) is 0 Å². The minimum atomic E-state index is 0.522. The molecule has 1 fully saturated rings. The zero-order chi connectivity index (χ0) is 13.7. The second-order valence-corrected chi connectivity index (χ2v) is 6.64. The smallest absolute Gasteiger partial charge is 0.107 e. The molecular weight excluding hydrogens is 256 g/mol. The van der Waals surface area contributed by atoms with Gasteiger partial charge in [0.2, 0.25) is 0 Å². The van der Waals surface area contributed by atoms with E-state index in [2.05, 4.69) is 41.4 Å². The number of nitrogens with one attached hydrogen (secondary N) is 1. The largest absolute Gasteiger partial charge is 0.308 e. The topological polar surface area (TPSA) is 31.4 Å². The second kappa shape index (κ2) is 7.33. The fourth-order valence-electron chi connectivity index (χ4n) is 2.28. The first-order valence-corrected chi connectivity index (χ1v) is 8.09. The summed E-state index contributed by atoms with van der Waals surface area (Å²) in [5, 5.41) is 6.84. The lowest BCUT2D eigenvalue weighted by Crippen LogP contribution is -2.28. The van der Waals surface area contributed by atoms with Crippen molar-refractivity contribution in [2.24, 2.45) is 0 Å². The average molecular weight is 282 g/mol. The molecule has 1 aliphatic rings. The molecule has 4 nitrogen and oxygen atoms in total. The Hall–Kier alpha value is -0.490. The first-order chi connectivity index (χ1) is 9.13. The molecule has 19 heavy (non-hydrogen) atoms. The molecule has 1 aromatic heterocycles. The van der Waals surface area contributed by atoms with Gasteiger partial charge in [-0.2, -0.15) is 0 Å². The molecule has 1 aliphatic heterocycles. The molecule has 0 atom stereocenters. The third kappa shape index (κ3) is 5.18. The van der Waals surface area contributed by atoms with Gasteiger partial charge in [0.05, 0.1) is 5.69 Å². The van der Waals surface area contributed by atoms with Crippen molar-refractivity contribution in [3.05, 3.63) is 16.1 Å². The van der Waals surface area contributed by atoms with Crippen molar-refractivity contribution in [3.63, 3.8) is 0 Å². The molecule has 0 radical (unpaired) electrons. The first-order valence-electron chi connectivity index (χ1n) is 7.21. The molecule has 0 saturated carbocycles. The third-order valence-electron chi connectivity index (χ3n) is 3.46. The molecule has 2 rings (SSSR count). The van der Waals surface area contributed by atoms with Crippen LogP contribution in [0.25, 0.3) is 0 Å². The first kappa shape index (κ1) is 14.9. The van der Waals surface area contributed by atoms with Gasteiger partial charge < -0.3 is 10.2 Å². The van der Waals surface area contributed by atoms with E-state index in [1.54, 1.807) is 11.3 Å². The lowest BCUT2D eigenvalue weighted by molar-refractivity contribution is 0.267. The molecule has 0 spiro atoms. The summed E-state index contributed by atoms with van der Waals surface area (Å²) in [5.74, 6) is 0. The van der Waals surface area contributed by atoms with Crippen LogP contribution >= 0.6 is 11.3 Å². The van der Waals surface area contributed by atoms with Gasteiger partial charge in [-0.05, 0) is 26.6 Å². The van der Waals surface area contributed by atoms with Crippen LogP contribution in [0, 0.1) is 0 Å². The summed E-state index contributed by atoms with van der Waals surface area (Å²) in [7, 11) is 2.21. The third-order valence-corrected chi connectivity index (χ3v) is 4.36. The van der Waals surface area contributed by atoms with Crippen molar-refractivity contribution < 1.29 is 0 Å². The number of rotatable bonds is 5. The van der Waals surface area contributed by atoms with Crippen LogP contribution in [0.5, 0.6) is 0 Å². The normalized spacial score (nSPS) is 18.9. The summed E-state index contributed by atoms with van der Waals surface area (Å²) in [4.78, 5) is 9.67. The van der Waals surface area contributed by atoms with E-state index in [-0.39, 0.29) is 0 Å². The summed E-state index contributed by atoms with van der Waals surface area (Å²) < 4.78 is 0. The van der Waals surface area contributed by atoms with Gasteiger partial charge in [0.15, 0.2) is 0 Å². The zero-order valence-corrected chi connectivity index (χ0v) is 13.2. The van der Waals surface area contributed by atoms with E-state index < -0.39 is 0 Å². The number of likely N-dealkylation sites (N-methyl/N-ethyl adjacent to an activating group) is 1. The molecule has 5 heteroatoms. The maximum atomic E-state index is 4.73. The van der Waals surface area contributed by atoms with Crippen molar-refractivity contribution in [2.75, 3.05) is 33.2 Å². The lowest BCUT2D eigenvalue weighted by Gasteiger charge is -2.18. The van der Waals surface area contributed by atoms with Gasteiger partial charge in [-0.1, -0.05) is 13.8 Å². The van der Waals surface area contributed by atoms with Gasteiger partial charge in [-0.15, -0.1) is 11.3 Å². The monoisotopic (exact) mass is 282 g/mol. The summed E-state index contributed by atoms with van der Waals surface area (Å²) in [6, 6.07) is 0.522. The predicted octanol–water partition coefficient (Wildman–Crippen LogP) is 1.78. The summed E-state index contributed by atoms with van der Waals surface area (Å²) in [6.07, 6.45) is 1.27. The summed E-state index contributed by atoms with van der Waals surface area (Å²) in [5.41, 5.74) is 1.23. The number of thiazole rings is 1. The van der Waals surface area contributed by atoms with Crippen LogP contribution in [0.2, 0.25) is 0 Å². The summed E-state index contributed by atoms with van der Waals surface area (Å²) in [6.45, 7) is 11.0. The Morgan fingerprint density at radius 1 is 1.32 bits per heavy atom. The van der Waals surface area contributed by atoms with Crippen LogP contribution in [0.15, 0.2) is 5.38 Å². The Labute approximate surface area is 120 Å². The highest BCUT2D eigenvalue weighted by Crippen LogP contribution is 2.13. The van der Waals surface area contributed by atoms with Crippen LogP contribution in [-0.2, 0) is 13.1 Å². The van der Waals surface area contributed by atoms with E-state index in [0.717, 1.165) is 19.6 Å². The molecule has 1 N–H and O–H groups in total. The van der Waals surface area contributed by atoms with Gasteiger partial charge >= 0.3 is 0 Å². The van der Waals surface area contributed by atoms with Crippen LogP contribution in [-0.4, -0.2) is 54.1 Å². The Morgan fingerprint density at radius 2 is 2.16 bits per heavy atom. The van der Waals surface area contributed by atoms with Gasteiger partial charge in [-0.3, -0.25) is 4.90 Å². The Balaban J connectivity index is 1.82. The highest BCUT2D eigenvalue weighted by atomic mass is 32.1. The predicted molar refractivity (Wildman–Crippen MR) is 81.5 cm³/mol. The standard InChI is InChI=1S/C14H26N4S/c1-12(2)15-9-14-16-13(11-19-14)10-18-6-4-5-17(3)7-8-18/h11-12,15H,4-10H2,1-3H3. The molecule has 1 aromatic rings. The number of aromatic nitrogens is 1. The Morgan fingerprint density at radius 3 is 2.95 bits per heavy atom. The quantitative estimate of drug-likeness (QED) is 0.892. The zero-order valence-electron chi connectivity index (χ0n) is 12.4. The van der Waals surface area contributed by atoms with E-state index in [0.29, 0.717) is 6.04 Å². The summed E-state index contributed by atoms with van der Waals surface area (Å²) >= 11 is 1.78. The molecule has 0 aliphatic carbocycles. The second-order valence-electron chi connectivity index (χ2n) is 5.70. The van der Waals surface area contributed by atoms with E-state index in [4.69, 9.17) is 4.98 Å². The number of hydrogen-bond donors (Lipinski definition) is 1. The van der Waals surface area contributed by atoms with Crippen molar-refractivity contribution in [1.29, 1.82) is 0 Å². The van der Waals surface area contributed by atoms with Crippen LogP contribution < -0.4 is 5.32 Å². The molecule has 0 unspecified atom stereocenters. The van der Waals surface area contributed by atoms with Crippen molar-refractivity contribution in [3.8, 4) is 0 Å². The maximum Gasteiger partial charge on any atom is 0.107 e. The maximum absolute atomic E-state index is 4.73. The molecule has 1 saturated heterocycles. The van der Waals surface area contributed by atoms with Crippen molar-refractivity contribution in [2.45, 2.75) is 39.4 Å². The fraction of sp³-hybridized carbons (Fsp3) is 0.786. The number of hydrogen-bond acceptors (Lipinski definition) is 5. The van der Waals surface area contributed by atoms with Crippen molar-refractivity contribution in [1.82, 2.24) is 20.1 Å². The average Bonchev–Trinajstić information content (AvgIpc) is 2.71. The molecule has 108 valence electrons. The molecule has 0 bridgehead atoms. The van der Waals surface area contributed by atoms with E-state index >= 15 is 0 Å². The van der Waals surface area contributed by atoms with E-state index in [9.17, 15) is 0 Å². The molecule has 0 aromatic carbocycles. The molecular formula is C14H26N4S. The van der Waals surface area contributed by atoms with Gasteiger partial charge in [0.25, 0.3) is 0 Å². The van der Waals surface area contributed by atoms with Crippen LogP contribution in [0.1, 0.15) is 31.0 Å². The van der Waals surface area contributed by atoms with Gasteiger partial charge in [0.1, 0.15) is 5.01 Å². The highest BCUT2D eigenvalue weighted by Gasteiger charge is 2.13. The SMILES string of the molecule is CC(C)NCc1nc(CN2CCCN(C)CC2)cs1. The van der Waals surface area contributed by atoms with Gasteiger partial charge in [-0.25, -0.2) is 4.98 Å². The number of nitrogens with zero attached hydrogens (tertiary/aromatic N) is 3.